The second kappa shape index (κ2) is 10.5. The highest BCUT2D eigenvalue weighted by atomic mass is 16.5. The molecule has 0 spiro atoms. The van der Waals surface area contributed by atoms with Gasteiger partial charge in [-0.05, 0) is 49.4 Å². The molecule has 178 valence electrons. The standard InChI is InChI=1S/C25H29N5O4/c1-16(31)19(11-7-10-17-8-5-4-6-9-17)30-24-23(28-29-30)25(32)27-22(26-24)15-18-12-13-20(33-2)21(14-18)34-3/h4-6,8-9,12-14,16,19,31H,7,10-11,15H2,1-3H3,(H,26,27,32). The van der Waals surface area contributed by atoms with Gasteiger partial charge in [0.1, 0.15) is 5.82 Å². The van der Waals surface area contributed by atoms with Crippen LogP contribution in [0.15, 0.2) is 53.3 Å². The minimum Gasteiger partial charge on any atom is -0.493 e. The number of nitrogens with one attached hydrogen (secondary N) is 1. The number of methoxy groups -OCH3 is 2. The Kier molecular flexibility index (Phi) is 7.22. The number of aliphatic hydroxyl groups excluding tert-OH is 1. The number of fused-ring (bicyclic) bond motifs is 1. The van der Waals surface area contributed by atoms with Crippen LogP contribution in [0.4, 0.5) is 0 Å². The van der Waals surface area contributed by atoms with Gasteiger partial charge in [-0.1, -0.05) is 41.6 Å². The van der Waals surface area contributed by atoms with Crippen LogP contribution < -0.4 is 15.0 Å². The van der Waals surface area contributed by atoms with Crippen LogP contribution in [0.25, 0.3) is 11.2 Å². The summed E-state index contributed by atoms with van der Waals surface area (Å²) >= 11 is 0. The molecule has 34 heavy (non-hydrogen) atoms. The third-order valence-corrected chi connectivity index (χ3v) is 5.88. The van der Waals surface area contributed by atoms with Gasteiger partial charge in [-0.25, -0.2) is 9.67 Å². The van der Waals surface area contributed by atoms with E-state index in [0.717, 1.165) is 18.4 Å². The molecule has 9 nitrogen and oxygen atoms in total. The number of hydrogen-bond acceptors (Lipinski definition) is 7. The number of H-pyrrole nitrogens is 1. The van der Waals surface area contributed by atoms with Crippen molar-refractivity contribution in [3.05, 3.63) is 75.8 Å². The fourth-order valence-electron chi connectivity index (χ4n) is 4.10. The van der Waals surface area contributed by atoms with Crippen molar-refractivity contribution in [1.82, 2.24) is 25.0 Å². The number of rotatable bonds is 10. The van der Waals surface area contributed by atoms with Gasteiger partial charge in [0, 0.05) is 6.42 Å². The third kappa shape index (κ3) is 5.09. The number of ether oxygens (including phenoxy) is 2. The quantitative estimate of drug-likeness (QED) is 0.371. The normalized spacial score (nSPS) is 13.1. The minimum absolute atomic E-state index is 0.157. The Hall–Kier alpha value is -3.72. The van der Waals surface area contributed by atoms with Crippen molar-refractivity contribution < 1.29 is 14.6 Å². The Labute approximate surface area is 197 Å². The van der Waals surface area contributed by atoms with Crippen LogP contribution in [0.2, 0.25) is 0 Å². The molecule has 0 fully saturated rings. The Balaban J connectivity index is 1.60. The summed E-state index contributed by atoms with van der Waals surface area (Å²) < 4.78 is 12.2. The average Bonchev–Trinajstić information content (AvgIpc) is 3.26. The van der Waals surface area contributed by atoms with Crippen molar-refractivity contribution in [2.24, 2.45) is 0 Å². The van der Waals surface area contributed by atoms with Crippen LogP contribution in [-0.2, 0) is 12.8 Å². The summed E-state index contributed by atoms with van der Waals surface area (Å²) in [6.45, 7) is 1.72. The lowest BCUT2D eigenvalue weighted by Crippen LogP contribution is -2.24. The predicted octanol–water partition coefficient (Wildman–Crippen LogP) is 3.07. The molecule has 0 radical (unpaired) electrons. The summed E-state index contributed by atoms with van der Waals surface area (Å²) in [5.74, 6) is 1.70. The maximum absolute atomic E-state index is 12.7. The van der Waals surface area contributed by atoms with Gasteiger partial charge >= 0.3 is 0 Å². The minimum atomic E-state index is -0.684. The first-order valence-electron chi connectivity index (χ1n) is 11.3. The summed E-state index contributed by atoms with van der Waals surface area (Å²) in [6.07, 6.45) is 2.10. The van der Waals surface area contributed by atoms with Gasteiger partial charge in [0.05, 0.1) is 26.4 Å². The molecule has 0 amide bonds. The van der Waals surface area contributed by atoms with E-state index < -0.39 is 6.10 Å². The predicted molar refractivity (Wildman–Crippen MR) is 128 cm³/mol. The molecular formula is C25H29N5O4. The molecule has 0 aliphatic heterocycles. The van der Waals surface area contributed by atoms with E-state index in [1.165, 1.54) is 5.56 Å². The second-order valence-corrected chi connectivity index (χ2v) is 8.27. The van der Waals surface area contributed by atoms with E-state index in [1.807, 2.05) is 36.4 Å². The molecule has 0 aliphatic carbocycles. The van der Waals surface area contributed by atoms with Crippen molar-refractivity contribution in [2.45, 2.75) is 44.8 Å². The van der Waals surface area contributed by atoms with E-state index in [9.17, 15) is 9.90 Å². The fraction of sp³-hybridized carbons (Fsp3) is 0.360. The number of hydrogen-bond donors (Lipinski definition) is 2. The van der Waals surface area contributed by atoms with E-state index in [-0.39, 0.29) is 17.1 Å². The zero-order valence-electron chi connectivity index (χ0n) is 19.6. The Morgan fingerprint density at radius 2 is 1.82 bits per heavy atom. The largest absolute Gasteiger partial charge is 0.493 e. The molecule has 2 N–H and O–H groups in total. The average molecular weight is 464 g/mol. The Morgan fingerprint density at radius 1 is 1.06 bits per heavy atom. The van der Waals surface area contributed by atoms with Crippen LogP contribution in [-0.4, -0.2) is 50.4 Å². The maximum atomic E-state index is 12.7. The highest BCUT2D eigenvalue weighted by Gasteiger charge is 2.23. The monoisotopic (exact) mass is 463 g/mol. The molecule has 4 aromatic rings. The number of nitrogens with zero attached hydrogens (tertiary/aromatic N) is 4. The summed E-state index contributed by atoms with van der Waals surface area (Å²) in [4.78, 5) is 20.2. The van der Waals surface area contributed by atoms with E-state index in [2.05, 4.69) is 32.4 Å². The third-order valence-electron chi connectivity index (χ3n) is 5.88. The molecule has 4 rings (SSSR count). The number of aromatic amines is 1. The molecule has 2 heterocycles. The van der Waals surface area contributed by atoms with Gasteiger partial charge in [0.15, 0.2) is 22.7 Å². The van der Waals surface area contributed by atoms with Crippen molar-refractivity contribution >= 4 is 11.2 Å². The first-order chi connectivity index (χ1) is 16.5. The Morgan fingerprint density at radius 3 is 2.53 bits per heavy atom. The second-order valence-electron chi connectivity index (χ2n) is 8.27. The van der Waals surface area contributed by atoms with Crippen LogP contribution in [0.5, 0.6) is 11.5 Å². The topological polar surface area (TPSA) is 115 Å². The fourth-order valence-corrected chi connectivity index (χ4v) is 4.10. The van der Waals surface area contributed by atoms with Gasteiger partial charge in [-0.15, -0.1) is 5.10 Å². The van der Waals surface area contributed by atoms with E-state index >= 15 is 0 Å². The molecule has 0 aliphatic rings. The smallest absolute Gasteiger partial charge is 0.281 e. The molecule has 2 unspecified atom stereocenters. The highest BCUT2D eigenvalue weighted by Crippen LogP contribution is 2.28. The summed E-state index contributed by atoms with van der Waals surface area (Å²) in [6, 6.07) is 15.4. The van der Waals surface area contributed by atoms with Gasteiger partial charge in [-0.2, -0.15) is 0 Å². The van der Waals surface area contributed by atoms with Crippen LogP contribution in [0.1, 0.15) is 42.8 Å². The molecule has 0 bridgehead atoms. The first kappa shape index (κ1) is 23.4. The SMILES string of the molecule is COc1ccc(Cc2nc3c(nnn3C(CCCc3ccccc3)C(C)O)c(=O)[nH]2)cc1OC. The van der Waals surface area contributed by atoms with Crippen LogP contribution in [0.3, 0.4) is 0 Å². The summed E-state index contributed by atoms with van der Waals surface area (Å²) in [5.41, 5.74) is 2.30. The zero-order valence-corrected chi connectivity index (χ0v) is 19.6. The number of benzene rings is 2. The van der Waals surface area contributed by atoms with Crippen LogP contribution in [0, 0.1) is 0 Å². The van der Waals surface area contributed by atoms with Gasteiger partial charge in [0.2, 0.25) is 0 Å². The number of aliphatic hydroxyl groups is 1. The van der Waals surface area contributed by atoms with E-state index in [1.54, 1.807) is 25.8 Å². The molecule has 9 heteroatoms. The van der Waals surface area contributed by atoms with Crippen molar-refractivity contribution in [2.75, 3.05) is 14.2 Å². The summed E-state index contributed by atoms with van der Waals surface area (Å²) in [7, 11) is 3.16. The zero-order chi connectivity index (χ0) is 24.1. The van der Waals surface area contributed by atoms with E-state index in [0.29, 0.717) is 35.8 Å². The Bertz CT molecular complexity index is 1300. The highest BCUT2D eigenvalue weighted by molar-refractivity contribution is 5.68. The molecular weight excluding hydrogens is 434 g/mol. The molecule has 0 saturated heterocycles. The lowest BCUT2D eigenvalue weighted by Gasteiger charge is -2.20. The lowest BCUT2D eigenvalue weighted by molar-refractivity contribution is 0.117. The van der Waals surface area contributed by atoms with Gasteiger partial charge < -0.3 is 19.6 Å². The first-order valence-corrected chi connectivity index (χ1v) is 11.3. The van der Waals surface area contributed by atoms with Crippen LogP contribution >= 0.6 is 0 Å². The van der Waals surface area contributed by atoms with E-state index in [4.69, 9.17) is 9.47 Å². The molecule has 2 aromatic heterocycles. The van der Waals surface area contributed by atoms with Gasteiger partial charge in [0.25, 0.3) is 5.56 Å². The molecule has 2 atom stereocenters. The van der Waals surface area contributed by atoms with Crippen molar-refractivity contribution in [1.29, 1.82) is 0 Å². The number of aromatic nitrogens is 5. The number of aryl methyl sites for hydroxylation is 1. The maximum Gasteiger partial charge on any atom is 0.281 e. The summed E-state index contributed by atoms with van der Waals surface area (Å²) in [5, 5.41) is 18.7. The molecule has 0 saturated carbocycles. The van der Waals surface area contributed by atoms with Crippen molar-refractivity contribution in [3.8, 4) is 11.5 Å². The van der Waals surface area contributed by atoms with Crippen molar-refractivity contribution in [3.63, 3.8) is 0 Å². The lowest BCUT2D eigenvalue weighted by atomic mass is 10.0. The van der Waals surface area contributed by atoms with Gasteiger partial charge in [-0.3, -0.25) is 4.79 Å². The molecule has 2 aromatic carbocycles.